The van der Waals surface area contributed by atoms with Crippen LogP contribution in [0.15, 0.2) is 70.6 Å². The van der Waals surface area contributed by atoms with Crippen molar-refractivity contribution in [3.63, 3.8) is 0 Å². The van der Waals surface area contributed by atoms with E-state index in [1.807, 2.05) is 68.5 Å². The number of hydrogen-bond acceptors (Lipinski definition) is 5. The molecule has 180 valence electrons. The van der Waals surface area contributed by atoms with E-state index in [9.17, 15) is 4.79 Å². The van der Waals surface area contributed by atoms with E-state index in [0.717, 1.165) is 22.4 Å². The molecular formula is C27H24Cl2N2O3S. The second-order valence-corrected chi connectivity index (χ2v) is 9.72. The molecule has 0 N–H and O–H groups in total. The fraction of sp³-hybridized carbons (Fsp3) is 0.185. The molecule has 1 aliphatic rings. The zero-order chi connectivity index (χ0) is 24.9. The molecule has 0 aliphatic carbocycles. The minimum absolute atomic E-state index is 0.100. The molecule has 3 aromatic rings. The number of carbonyl (C=O) groups is 1. The summed E-state index contributed by atoms with van der Waals surface area (Å²) in [7, 11) is 1.73. The molecule has 0 unspecified atom stereocenters. The minimum atomic E-state index is -0.100. The molecule has 5 nitrogen and oxygen atoms in total. The van der Waals surface area contributed by atoms with Crippen molar-refractivity contribution in [2.45, 2.75) is 20.5 Å². The average molecular weight is 527 g/mol. The van der Waals surface area contributed by atoms with Gasteiger partial charge in [0, 0.05) is 22.7 Å². The van der Waals surface area contributed by atoms with Crippen LogP contribution in [0.1, 0.15) is 23.6 Å². The van der Waals surface area contributed by atoms with E-state index in [-0.39, 0.29) is 12.5 Å². The lowest BCUT2D eigenvalue weighted by Gasteiger charge is -2.13. The number of halogens is 2. The molecule has 8 heteroatoms. The fourth-order valence-corrected chi connectivity index (χ4v) is 4.78. The summed E-state index contributed by atoms with van der Waals surface area (Å²) in [6.07, 6.45) is 1.84. The number of aryl methyl sites for hydroxylation is 1. The van der Waals surface area contributed by atoms with Crippen LogP contribution >= 0.6 is 35.0 Å². The lowest BCUT2D eigenvalue weighted by Crippen LogP contribution is -2.23. The molecule has 1 saturated heterocycles. The van der Waals surface area contributed by atoms with Crippen molar-refractivity contribution in [2.24, 2.45) is 4.99 Å². The molecule has 1 amide bonds. The standard InChI is InChI=1S/C27H24Cl2N2O3S/c1-4-33-24-13-18(7-12-23(24)34-16-19-8-9-20(28)15-22(19)29)14-25-26(32)31(3)27(35-25)30-21-10-5-17(2)6-11-21/h5-15H,4,16H2,1-3H3/b25-14+,30-27?. The first-order valence-corrected chi connectivity index (χ1v) is 12.6. The number of likely N-dealkylation sites (N-methyl/N-ethyl adjacent to an activating group) is 1. The fourth-order valence-electron chi connectivity index (χ4n) is 3.33. The quantitative estimate of drug-likeness (QED) is 0.299. The van der Waals surface area contributed by atoms with Gasteiger partial charge < -0.3 is 9.47 Å². The summed E-state index contributed by atoms with van der Waals surface area (Å²) >= 11 is 13.6. The first-order valence-electron chi connectivity index (χ1n) is 11.0. The molecular weight excluding hydrogens is 503 g/mol. The first-order chi connectivity index (χ1) is 16.8. The largest absolute Gasteiger partial charge is 0.490 e. The molecule has 0 atom stereocenters. The number of thioether (sulfide) groups is 1. The lowest BCUT2D eigenvalue weighted by molar-refractivity contribution is -0.121. The first kappa shape index (κ1) is 25.2. The molecule has 0 saturated carbocycles. The summed E-state index contributed by atoms with van der Waals surface area (Å²) in [4.78, 5) is 19.6. The van der Waals surface area contributed by atoms with Crippen LogP contribution in [0.3, 0.4) is 0 Å². The van der Waals surface area contributed by atoms with Crippen LogP contribution in [0.2, 0.25) is 10.0 Å². The maximum atomic E-state index is 12.8. The third-order valence-corrected chi connectivity index (χ3v) is 6.87. The Morgan fingerprint density at radius 2 is 1.77 bits per heavy atom. The molecule has 0 aromatic heterocycles. The van der Waals surface area contributed by atoms with Crippen LogP contribution in [0, 0.1) is 6.92 Å². The zero-order valence-corrected chi connectivity index (χ0v) is 21.9. The van der Waals surface area contributed by atoms with Crippen molar-refractivity contribution in [1.29, 1.82) is 0 Å². The van der Waals surface area contributed by atoms with Gasteiger partial charge in [-0.2, -0.15) is 0 Å². The minimum Gasteiger partial charge on any atom is -0.490 e. The van der Waals surface area contributed by atoms with E-state index >= 15 is 0 Å². The van der Waals surface area contributed by atoms with E-state index in [0.29, 0.717) is 38.2 Å². The normalized spacial score (nSPS) is 15.8. The Kier molecular flexibility index (Phi) is 8.06. The molecule has 0 spiro atoms. The number of ether oxygens (including phenoxy) is 2. The maximum Gasteiger partial charge on any atom is 0.266 e. The van der Waals surface area contributed by atoms with Crippen LogP contribution in [0.5, 0.6) is 11.5 Å². The van der Waals surface area contributed by atoms with Crippen molar-refractivity contribution < 1.29 is 14.3 Å². The van der Waals surface area contributed by atoms with E-state index in [1.165, 1.54) is 11.8 Å². The van der Waals surface area contributed by atoms with Crippen molar-refractivity contribution in [3.05, 3.63) is 92.3 Å². The van der Waals surface area contributed by atoms with Gasteiger partial charge >= 0.3 is 0 Å². The van der Waals surface area contributed by atoms with Crippen molar-refractivity contribution >= 4 is 57.8 Å². The highest BCUT2D eigenvalue weighted by Gasteiger charge is 2.30. The van der Waals surface area contributed by atoms with Crippen LogP contribution in [0.25, 0.3) is 6.08 Å². The lowest BCUT2D eigenvalue weighted by atomic mass is 10.1. The van der Waals surface area contributed by atoms with Gasteiger partial charge in [0.1, 0.15) is 6.61 Å². The molecule has 1 aliphatic heterocycles. The molecule has 35 heavy (non-hydrogen) atoms. The Labute approximate surface area is 219 Å². The van der Waals surface area contributed by atoms with Crippen LogP contribution < -0.4 is 9.47 Å². The van der Waals surface area contributed by atoms with Gasteiger partial charge in [-0.25, -0.2) is 4.99 Å². The second-order valence-electron chi connectivity index (χ2n) is 7.87. The molecule has 4 rings (SSSR count). The van der Waals surface area contributed by atoms with Gasteiger partial charge in [0.25, 0.3) is 5.91 Å². The Morgan fingerprint density at radius 1 is 1.00 bits per heavy atom. The van der Waals surface area contributed by atoms with Crippen LogP contribution in [-0.4, -0.2) is 29.6 Å². The summed E-state index contributed by atoms with van der Waals surface area (Å²) in [6.45, 7) is 4.68. The number of benzene rings is 3. The number of rotatable bonds is 7. The van der Waals surface area contributed by atoms with Crippen molar-refractivity contribution in [3.8, 4) is 11.5 Å². The molecule has 3 aromatic carbocycles. The highest BCUT2D eigenvalue weighted by Crippen LogP contribution is 2.36. The third kappa shape index (κ3) is 6.20. The molecule has 0 radical (unpaired) electrons. The van der Waals surface area contributed by atoms with Gasteiger partial charge in [-0.15, -0.1) is 0 Å². The average Bonchev–Trinajstić information content (AvgIpc) is 3.09. The number of nitrogens with zero attached hydrogens (tertiary/aromatic N) is 2. The smallest absolute Gasteiger partial charge is 0.266 e. The van der Waals surface area contributed by atoms with Crippen LogP contribution in [0.4, 0.5) is 5.69 Å². The summed E-state index contributed by atoms with van der Waals surface area (Å²) in [5.74, 6) is 1.07. The second kappa shape index (κ2) is 11.2. The number of hydrogen-bond donors (Lipinski definition) is 0. The number of amides is 1. The number of amidine groups is 1. The summed E-state index contributed by atoms with van der Waals surface area (Å²) in [5, 5.41) is 1.75. The van der Waals surface area contributed by atoms with Gasteiger partial charge in [-0.05, 0) is 73.6 Å². The topological polar surface area (TPSA) is 51.1 Å². The highest BCUT2D eigenvalue weighted by molar-refractivity contribution is 8.18. The predicted molar refractivity (Wildman–Crippen MR) is 145 cm³/mol. The summed E-state index contributed by atoms with van der Waals surface area (Å²) < 4.78 is 11.8. The Bertz CT molecular complexity index is 1310. The van der Waals surface area contributed by atoms with Crippen molar-refractivity contribution in [2.75, 3.05) is 13.7 Å². The van der Waals surface area contributed by atoms with Gasteiger partial charge in [0.15, 0.2) is 16.7 Å². The molecule has 0 bridgehead atoms. The number of aliphatic imine (C=N–C) groups is 1. The predicted octanol–water partition coefficient (Wildman–Crippen LogP) is 7.51. The number of carbonyl (C=O) groups excluding carboxylic acids is 1. The monoisotopic (exact) mass is 526 g/mol. The molecule has 1 fully saturated rings. The summed E-state index contributed by atoms with van der Waals surface area (Å²) in [5.41, 5.74) is 3.61. The Balaban J connectivity index is 1.54. The van der Waals surface area contributed by atoms with E-state index < -0.39 is 0 Å². The highest BCUT2D eigenvalue weighted by atomic mass is 35.5. The van der Waals surface area contributed by atoms with Gasteiger partial charge in [0.2, 0.25) is 0 Å². The summed E-state index contributed by atoms with van der Waals surface area (Å²) in [6, 6.07) is 18.7. The Hall–Kier alpha value is -2.93. The van der Waals surface area contributed by atoms with Gasteiger partial charge in [-0.3, -0.25) is 9.69 Å². The SMILES string of the molecule is CCOc1cc(/C=C2/SC(=Nc3ccc(C)cc3)N(C)C2=O)ccc1OCc1ccc(Cl)cc1Cl. The van der Waals surface area contributed by atoms with Crippen molar-refractivity contribution in [1.82, 2.24) is 4.90 Å². The zero-order valence-electron chi connectivity index (χ0n) is 19.5. The third-order valence-electron chi connectivity index (χ3n) is 5.23. The van der Waals surface area contributed by atoms with E-state index in [4.69, 9.17) is 32.7 Å². The van der Waals surface area contributed by atoms with E-state index in [1.54, 1.807) is 24.1 Å². The van der Waals surface area contributed by atoms with Gasteiger partial charge in [-0.1, -0.05) is 53.0 Å². The Morgan fingerprint density at radius 3 is 2.49 bits per heavy atom. The molecule has 1 heterocycles. The van der Waals surface area contributed by atoms with E-state index in [2.05, 4.69) is 4.99 Å². The van der Waals surface area contributed by atoms with Gasteiger partial charge in [0.05, 0.1) is 17.2 Å². The van der Waals surface area contributed by atoms with Crippen LogP contribution in [-0.2, 0) is 11.4 Å². The maximum absolute atomic E-state index is 12.8.